The van der Waals surface area contributed by atoms with E-state index in [0.29, 0.717) is 23.6 Å². The third-order valence-corrected chi connectivity index (χ3v) is 8.52. The molecule has 1 amide bonds. The van der Waals surface area contributed by atoms with Crippen molar-refractivity contribution in [2.45, 2.75) is 30.2 Å². The Kier molecular flexibility index (Phi) is 6.59. The number of piperidine rings is 1. The summed E-state index contributed by atoms with van der Waals surface area (Å²) in [4.78, 5) is 22.6. The van der Waals surface area contributed by atoms with Crippen molar-refractivity contribution in [3.63, 3.8) is 0 Å². The number of aliphatic imine (C=N–C) groups is 1. The van der Waals surface area contributed by atoms with E-state index in [0.717, 1.165) is 51.3 Å². The summed E-state index contributed by atoms with van der Waals surface area (Å²) < 4.78 is 33.6. The summed E-state index contributed by atoms with van der Waals surface area (Å²) in [6, 6.07) is 20.1. The van der Waals surface area contributed by atoms with Gasteiger partial charge in [-0.2, -0.15) is 0 Å². The van der Waals surface area contributed by atoms with E-state index in [1.807, 2.05) is 6.07 Å². The maximum absolute atomic E-state index is 14.1. The summed E-state index contributed by atoms with van der Waals surface area (Å²) in [6.07, 6.45) is 2.87. The monoisotopic (exact) mass is 530 g/mol. The van der Waals surface area contributed by atoms with Crippen LogP contribution in [0.4, 0.5) is 8.78 Å². The number of hydrogen-bond acceptors (Lipinski definition) is 4. The Morgan fingerprint density at radius 1 is 0.897 bits per heavy atom. The molecule has 1 spiro atoms. The second-order valence-electron chi connectivity index (χ2n) is 10.7. The molecule has 0 aliphatic carbocycles. The van der Waals surface area contributed by atoms with Crippen LogP contribution in [0.2, 0.25) is 0 Å². The minimum absolute atomic E-state index is 0.105. The average molecular weight is 531 g/mol. The molecule has 3 aromatic rings. The van der Waals surface area contributed by atoms with Crippen molar-refractivity contribution < 1.29 is 18.3 Å². The molecule has 6 nitrogen and oxygen atoms in total. The van der Waals surface area contributed by atoms with Crippen LogP contribution < -0.4 is 10.1 Å². The number of nitrogens with one attached hydrogen (secondary N) is 1. The van der Waals surface area contributed by atoms with Gasteiger partial charge in [-0.3, -0.25) is 14.7 Å². The van der Waals surface area contributed by atoms with Crippen LogP contribution in [0.15, 0.2) is 77.8 Å². The lowest BCUT2D eigenvalue weighted by molar-refractivity contribution is -0.130. The van der Waals surface area contributed by atoms with Crippen molar-refractivity contribution in [3.05, 3.63) is 101 Å². The fourth-order valence-corrected chi connectivity index (χ4v) is 6.32. The first-order valence-electron chi connectivity index (χ1n) is 13.5. The Hall–Kier alpha value is -3.78. The molecule has 0 radical (unpaired) electrons. The van der Waals surface area contributed by atoms with Gasteiger partial charge in [-0.05, 0) is 80.4 Å². The number of carbonyl (C=O) groups excluding carboxylic acids is 1. The molecule has 6 rings (SSSR count). The first kappa shape index (κ1) is 25.5. The Morgan fingerprint density at radius 3 is 2.13 bits per heavy atom. The summed E-state index contributed by atoms with van der Waals surface area (Å²) in [5.41, 5.74) is 1.27. The first-order chi connectivity index (χ1) is 18.9. The van der Waals surface area contributed by atoms with Crippen molar-refractivity contribution in [1.82, 2.24) is 15.1 Å². The number of likely N-dealkylation sites (tertiary alicyclic amines) is 1. The van der Waals surface area contributed by atoms with Crippen LogP contribution in [-0.4, -0.2) is 61.5 Å². The van der Waals surface area contributed by atoms with Gasteiger partial charge in [0.05, 0.1) is 6.61 Å². The van der Waals surface area contributed by atoms with Crippen molar-refractivity contribution >= 4 is 11.9 Å². The highest BCUT2D eigenvalue weighted by Crippen LogP contribution is 2.45. The number of benzene rings is 3. The van der Waals surface area contributed by atoms with Gasteiger partial charge in [0.25, 0.3) is 5.91 Å². The highest BCUT2D eigenvalue weighted by Gasteiger charge is 2.52. The van der Waals surface area contributed by atoms with Gasteiger partial charge < -0.3 is 15.0 Å². The Morgan fingerprint density at radius 2 is 1.51 bits per heavy atom. The lowest BCUT2D eigenvalue weighted by Crippen LogP contribution is -2.45. The number of halogens is 2. The molecule has 3 aromatic carbocycles. The molecule has 2 saturated heterocycles. The number of rotatable bonds is 6. The van der Waals surface area contributed by atoms with Gasteiger partial charge in [0.15, 0.2) is 5.54 Å². The maximum atomic E-state index is 14.1. The number of ether oxygens (including phenoxy) is 1. The van der Waals surface area contributed by atoms with E-state index in [1.165, 1.54) is 29.8 Å². The number of nitrogens with zero attached hydrogens (tertiary/aromatic N) is 3. The van der Waals surface area contributed by atoms with Crippen LogP contribution in [0, 0.1) is 11.6 Å². The summed E-state index contributed by atoms with van der Waals surface area (Å²) in [5, 5.41) is 3.31. The van der Waals surface area contributed by atoms with Crippen molar-refractivity contribution in [2.24, 2.45) is 4.99 Å². The van der Waals surface area contributed by atoms with Crippen LogP contribution in [0.25, 0.3) is 0 Å². The van der Waals surface area contributed by atoms with Crippen LogP contribution in [0.1, 0.15) is 36.0 Å². The highest BCUT2D eigenvalue weighted by molar-refractivity contribution is 6.11. The predicted octanol–water partition coefficient (Wildman–Crippen LogP) is 4.44. The molecular weight excluding hydrogens is 498 g/mol. The predicted molar refractivity (Wildman–Crippen MR) is 146 cm³/mol. The first-order valence-corrected chi connectivity index (χ1v) is 13.5. The number of para-hydroxylation sites is 1. The van der Waals surface area contributed by atoms with Gasteiger partial charge in [-0.15, -0.1) is 0 Å². The Bertz CT molecular complexity index is 1340. The smallest absolute Gasteiger partial charge is 0.264 e. The molecule has 0 saturated carbocycles. The van der Waals surface area contributed by atoms with Gasteiger partial charge in [0.1, 0.15) is 17.4 Å². The number of amides is 1. The van der Waals surface area contributed by atoms with Gasteiger partial charge in [0.2, 0.25) is 5.96 Å². The maximum Gasteiger partial charge on any atom is 0.264 e. The molecule has 3 heterocycles. The fourth-order valence-electron chi connectivity index (χ4n) is 6.32. The van der Waals surface area contributed by atoms with Gasteiger partial charge >= 0.3 is 0 Å². The van der Waals surface area contributed by atoms with E-state index >= 15 is 0 Å². The second-order valence-corrected chi connectivity index (χ2v) is 10.7. The largest absolute Gasteiger partial charge is 0.492 e. The average Bonchev–Trinajstić information content (AvgIpc) is 3.46. The Labute approximate surface area is 227 Å². The molecule has 1 N–H and O–H groups in total. The normalized spacial score (nSPS) is 20.7. The summed E-state index contributed by atoms with van der Waals surface area (Å²) in [6.45, 7) is 4.05. The molecular formula is C31H32F2N4O2. The van der Waals surface area contributed by atoms with E-state index < -0.39 is 17.2 Å². The van der Waals surface area contributed by atoms with E-state index in [9.17, 15) is 13.6 Å². The molecule has 3 aliphatic heterocycles. The van der Waals surface area contributed by atoms with Crippen LogP contribution >= 0.6 is 0 Å². The summed E-state index contributed by atoms with van der Waals surface area (Å²) >= 11 is 0. The topological polar surface area (TPSA) is 57.2 Å². The zero-order valence-corrected chi connectivity index (χ0v) is 22.0. The van der Waals surface area contributed by atoms with Crippen LogP contribution in [-0.2, 0) is 15.7 Å². The molecule has 3 aliphatic rings. The van der Waals surface area contributed by atoms with Crippen LogP contribution in [0.5, 0.6) is 5.75 Å². The highest BCUT2D eigenvalue weighted by atomic mass is 19.1. The van der Waals surface area contributed by atoms with E-state index in [2.05, 4.69) is 33.4 Å². The van der Waals surface area contributed by atoms with Gasteiger partial charge in [-0.1, -0.05) is 42.5 Å². The zero-order chi connectivity index (χ0) is 27.0. The van der Waals surface area contributed by atoms with E-state index in [4.69, 9.17) is 4.74 Å². The standard InChI is InChI=1S/C31H32F2N4O2/c1-34-29-35-31(22-7-11-24(32)12-8-22,23-9-13-25(33)14-10-23)28(38)37(29)18-4-17-36-19-15-30(16-20-36)21-39-27-6-3-2-5-26(27)30/h2-3,5-14H,4,15-21H2,1H3,(H,34,35). The molecule has 0 aromatic heterocycles. The van der Waals surface area contributed by atoms with Crippen molar-refractivity contribution in [2.75, 3.05) is 39.8 Å². The van der Waals surface area contributed by atoms with Gasteiger partial charge in [0, 0.05) is 24.6 Å². The van der Waals surface area contributed by atoms with Gasteiger partial charge in [-0.25, -0.2) is 8.78 Å². The molecule has 202 valence electrons. The number of carbonyl (C=O) groups is 1. The third-order valence-electron chi connectivity index (χ3n) is 8.52. The van der Waals surface area contributed by atoms with E-state index in [-0.39, 0.29) is 11.3 Å². The van der Waals surface area contributed by atoms with E-state index in [1.54, 1.807) is 36.2 Å². The molecule has 39 heavy (non-hydrogen) atoms. The molecule has 0 unspecified atom stereocenters. The summed E-state index contributed by atoms with van der Waals surface area (Å²) in [5.74, 6) is 0.471. The van der Waals surface area contributed by atoms with Crippen molar-refractivity contribution in [3.8, 4) is 5.75 Å². The number of hydrogen-bond donors (Lipinski definition) is 1. The molecule has 2 fully saturated rings. The second kappa shape index (κ2) is 10.1. The summed E-state index contributed by atoms with van der Waals surface area (Å²) in [7, 11) is 1.64. The number of guanidine groups is 1. The minimum Gasteiger partial charge on any atom is -0.492 e. The quantitative estimate of drug-likeness (QED) is 0.512. The minimum atomic E-state index is -1.32. The zero-order valence-electron chi connectivity index (χ0n) is 22.0. The SMILES string of the molecule is CN=C1NC(c2ccc(F)cc2)(c2ccc(F)cc2)C(=O)N1CCCN1CCC2(CC1)COc1ccccc12. The molecule has 0 bridgehead atoms. The molecule has 8 heteroatoms. The lowest BCUT2D eigenvalue weighted by atomic mass is 9.74. The number of fused-ring (bicyclic) bond motifs is 2. The lowest BCUT2D eigenvalue weighted by Gasteiger charge is -2.38. The van der Waals surface area contributed by atoms with Crippen molar-refractivity contribution in [1.29, 1.82) is 0 Å². The molecule has 0 atom stereocenters. The third kappa shape index (κ3) is 4.36. The Balaban J connectivity index is 1.16. The fraction of sp³-hybridized carbons (Fsp3) is 0.355. The van der Waals surface area contributed by atoms with Crippen LogP contribution in [0.3, 0.4) is 0 Å².